The first-order valence-corrected chi connectivity index (χ1v) is 17.4. The molecule has 0 aliphatic rings. The van der Waals surface area contributed by atoms with Crippen LogP contribution in [0.2, 0.25) is 0 Å². The van der Waals surface area contributed by atoms with Gasteiger partial charge in [-0.15, -0.1) is 0 Å². The van der Waals surface area contributed by atoms with E-state index >= 15 is 0 Å². The average Bonchev–Trinajstić information content (AvgIpc) is 3.03. The molecule has 0 aromatic carbocycles. The fraction of sp³-hybridized carbons (Fsp3) is 0.667. The molecule has 0 saturated carbocycles. The zero-order valence-corrected chi connectivity index (χ0v) is 34.2. The number of carboxylic acid groups (broad SMARTS) is 9. The van der Waals surface area contributed by atoms with Gasteiger partial charge in [0, 0.05) is 12.8 Å². The van der Waals surface area contributed by atoms with Gasteiger partial charge in [-0.3, -0.25) is 28.3 Å². The summed E-state index contributed by atoms with van der Waals surface area (Å²) in [6.45, 7) is 6.12. The van der Waals surface area contributed by atoms with Crippen molar-refractivity contribution < 1.29 is 152 Å². The maximum atomic E-state index is 10.3. The van der Waals surface area contributed by atoms with E-state index in [1.807, 2.05) is 0 Å². The number of aliphatic carboxylic acids is 9. The second kappa shape index (κ2) is 41.6. The molecule has 0 rings (SSSR count). The van der Waals surface area contributed by atoms with Gasteiger partial charge in [0.1, 0.15) is 0 Å². The fourth-order valence-electron chi connectivity index (χ4n) is 3.02. The Morgan fingerprint density at radius 3 is 0.965 bits per heavy atom. The standard InChI is InChI=1S/C12H25.C6H8O7.C6H10O4.C4H6O6.C2H2O4.Na.H2O4S/c1-3-5-7-9-11-12-10-8-6-4-2;7-3(8)1-6(13,5(11)12)2-4(9)10;7-5(8)3-1-2-4-6(9)10;5-1(3(7)8)2(6)4(9)10;3-1(4)2(5)6;;1-5(2,3)4/h1,3-12H2,2H3;13H,1-2H2,(H,7,8)(H,9,10)(H,11,12);1-4H2,(H,7,8)(H,9,10);1-2,5-6H,(H,7,8)(H,9,10);(H,3,4)(H,5,6);;(H2,1,2,3,4)/q-1;;;;;+1;. The van der Waals surface area contributed by atoms with E-state index in [1.165, 1.54) is 57.8 Å². The number of hydrogen-bond donors (Lipinski definition) is 14. The Kier molecular flexibility index (Phi) is 49.4. The molecule has 0 spiro atoms. The largest absolute Gasteiger partial charge is 1.00 e. The Bertz CT molecular complexity index is 1210. The summed E-state index contributed by atoms with van der Waals surface area (Å²) >= 11 is 0. The Morgan fingerprint density at radius 1 is 0.526 bits per heavy atom. The molecule has 0 heterocycles. The third kappa shape index (κ3) is 67.1. The molecule has 0 bridgehead atoms. The molecule has 2 unspecified atom stereocenters. The smallest absolute Gasteiger partial charge is 0.481 e. The van der Waals surface area contributed by atoms with Crippen molar-refractivity contribution in [2.75, 3.05) is 0 Å². The van der Waals surface area contributed by atoms with Crippen molar-refractivity contribution in [3.63, 3.8) is 0 Å². The molecule has 0 aliphatic carbocycles. The summed E-state index contributed by atoms with van der Waals surface area (Å²) in [6.07, 6.45) is 8.08. The van der Waals surface area contributed by atoms with Crippen LogP contribution < -0.4 is 29.6 Å². The van der Waals surface area contributed by atoms with Gasteiger partial charge < -0.3 is 68.2 Å². The Morgan fingerprint density at radius 2 is 0.789 bits per heavy atom. The second-order valence-electron chi connectivity index (χ2n) is 10.8. The fourth-order valence-corrected chi connectivity index (χ4v) is 3.02. The van der Waals surface area contributed by atoms with E-state index in [2.05, 4.69) is 13.8 Å². The average molecular weight is 869 g/mol. The van der Waals surface area contributed by atoms with Gasteiger partial charge >= 0.3 is 93.7 Å². The number of rotatable bonds is 22. The van der Waals surface area contributed by atoms with Gasteiger partial charge in [0.2, 0.25) is 0 Å². The maximum Gasteiger partial charge on any atom is 1.00 e. The van der Waals surface area contributed by atoms with Crippen LogP contribution in [-0.4, -0.2) is 150 Å². The van der Waals surface area contributed by atoms with E-state index in [4.69, 9.17) is 88.4 Å². The Balaban J connectivity index is -0.000000108. The quantitative estimate of drug-likeness (QED) is 0.0177. The van der Waals surface area contributed by atoms with Crippen molar-refractivity contribution in [2.45, 2.75) is 127 Å². The van der Waals surface area contributed by atoms with E-state index in [-0.39, 0.29) is 42.4 Å². The summed E-state index contributed by atoms with van der Waals surface area (Å²) in [5.41, 5.74) is -2.74. The van der Waals surface area contributed by atoms with Crippen LogP contribution >= 0.6 is 0 Å². The van der Waals surface area contributed by atoms with Crippen LogP contribution in [0.25, 0.3) is 0 Å². The molecule has 330 valence electrons. The number of carbonyl (C=O) groups is 9. The molecule has 14 N–H and O–H groups in total. The molecule has 2 atom stereocenters. The van der Waals surface area contributed by atoms with Crippen LogP contribution in [0.3, 0.4) is 0 Å². The molecule has 0 amide bonds. The Labute approximate surface area is 348 Å². The molecule has 27 heteroatoms. The normalized spacial score (nSPS) is 10.9. The molecule has 57 heavy (non-hydrogen) atoms. The predicted octanol–water partition coefficient (Wildman–Crippen LogP) is -2.41. The molecule has 0 aliphatic heterocycles. The van der Waals surface area contributed by atoms with Crippen molar-refractivity contribution in [3.05, 3.63) is 6.92 Å². The minimum absolute atomic E-state index is 0. The van der Waals surface area contributed by atoms with Gasteiger partial charge in [-0.1, -0.05) is 64.7 Å². The third-order valence-corrected chi connectivity index (χ3v) is 5.66. The van der Waals surface area contributed by atoms with Crippen molar-refractivity contribution >= 4 is 64.1 Å². The van der Waals surface area contributed by atoms with Gasteiger partial charge in [-0.05, 0) is 12.8 Å². The van der Waals surface area contributed by atoms with E-state index in [0.717, 1.165) is 6.42 Å². The summed E-state index contributed by atoms with van der Waals surface area (Å²) in [4.78, 5) is 88.0. The maximum absolute atomic E-state index is 10.3. The zero-order chi connectivity index (χ0) is 45.7. The molecular formula is C30H53NaO25S. The summed E-state index contributed by atoms with van der Waals surface area (Å²) in [6, 6.07) is 0. The second-order valence-corrected chi connectivity index (χ2v) is 11.7. The number of aliphatic hydroxyl groups excluding tert-OH is 2. The summed E-state index contributed by atoms with van der Waals surface area (Å²) in [7, 11) is -4.67. The number of hydrogen-bond acceptors (Lipinski definition) is 14. The summed E-state index contributed by atoms with van der Waals surface area (Å²) < 4.78 is 31.6. The van der Waals surface area contributed by atoms with Crippen LogP contribution in [-0.2, 0) is 53.5 Å². The predicted molar refractivity (Wildman–Crippen MR) is 185 cm³/mol. The summed E-state index contributed by atoms with van der Waals surface area (Å²) in [5.74, 6) is -13.9. The van der Waals surface area contributed by atoms with Crippen LogP contribution in [0.1, 0.15) is 110 Å². The van der Waals surface area contributed by atoms with E-state index in [9.17, 15) is 33.6 Å². The molecule has 25 nitrogen and oxygen atoms in total. The van der Waals surface area contributed by atoms with Crippen LogP contribution in [0.15, 0.2) is 0 Å². The minimum atomic E-state index is -4.67. The van der Waals surface area contributed by atoms with Crippen LogP contribution in [0, 0.1) is 6.92 Å². The number of unbranched alkanes of at least 4 members (excludes halogenated alkanes) is 10. The van der Waals surface area contributed by atoms with Gasteiger partial charge in [0.25, 0.3) is 0 Å². The minimum Gasteiger partial charge on any atom is -0.481 e. The van der Waals surface area contributed by atoms with Gasteiger partial charge in [-0.2, -0.15) is 14.8 Å². The molecule has 0 radical (unpaired) electrons. The Hall–Kier alpha value is -4.02. The van der Waals surface area contributed by atoms with Gasteiger partial charge in [0.15, 0.2) is 17.8 Å². The molecule has 0 aromatic rings. The van der Waals surface area contributed by atoms with Crippen molar-refractivity contribution in [3.8, 4) is 0 Å². The van der Waals surface area contributed by atoms with Crippen molar-refractivity contribution in [1.29, 1.82) is 0 Å². The van der Waals surface area contributed by atoms with Crippen molar-refractivity contribution in [1.82, 2.24) is 0 Å². The van der Waals surface area contributed by atoms with E-state index in [0.29, 0.717) is 12.8 Å². The molecule has 0 saturated heterocycles. The first kappa shape index (κ1) is 67.7. The van der Waals surface area contributed by atoms with Gasteiger partial charge in [0.05, 0.1) is 12.8 Å². The molecular weight excluding hydrogens is 815 g/mol. The molecule has 0 aromatic heterocycles. The van der Waals surface area contributed by atoms with Crippen LogP contribution in [0.5, 0.6) is 0 Å². The first-order valence-electron chi connectivity index (χ1n) is 16.0. The topological polar surface area (TPSA) is 471 Å². The van der Waals surface area contributed by atoms with Crippen LogP contribution in [0.4, 0.5) is 0 Å². The van der Waals surface area contributed by atoms with E-state index < -0.39 is 94.8 Å². The molecule has 0 fully saturated rings. The number of aliphatic hydroxyl groups is 3. The third-order valence-electron chi connectivity index (χ3n) is 5.66. The van der Waals surface area contributed by atoms with Gasteiger partial charge in [-0.25, -0.2) is 24.0 Å². The SMILES string of the molecule is O=C(O)C(=O)O.O=C(O)C(O)C(O)C(=O)O.O=C(O)CC(O)(CC(=O)O)C(=O)O.O=C(O)CCCCC(=O)O.O=S(=O)(O)O.[CH2-]CCCCCCCCCCC.[Na+]. The number of carboxylic acids is 9. The monoisotopic (exact) mass is 868 g/mol. The van der Waals surface area contributed by atoms with E-state index in [1.54, 1.807) is 0 Å². The summed E-state index contributed by atoms with van der Waals surface area (Å²) in [5, 5.41) is 97.4. The zero-order valence-electron chi connectivity index (χ0n) is 31.3. The first-order chi connectivity index (χ1) is 25.4. The van der Waals surface area contributed by atoms with Crippen molar-refractivity contribution in [2.24, 2.45) is 0 Å².